The highest BCUT2D eigenvalue weighted by molar-refractivity contribution is 7.81. The molecule has 1 aliphatic heterocycles. The SMILES string of the molecule is CCOC(=O)c1cc(N2CC(S)CC2=O)n[nH]1. The molecule has 1 atom stereocenters. The molecular formula is C10H13N3O3S. The minimum Gasteiger partial charge on any atom is -0.461 e. The minimum atomic E-state index is -0.472. The Hall–Kier alpha value is -1.50. The molecule has 1 amide bonds. The summed E-state index contributed by atoms with van der Waals surface area (Å²) in [5.74, 6) is -0.0677. The van der Waals surface area contributed by atoms with E-state index in [2.05, 4.69) is 22.8 Å². The van der Waals surface area contributed by atoms with Gasteiger partial charge in [0.05, 0.1) is 6.61 Å². The number of carbonyl (C=O) groups excluding carboxylic acids is 2. The van der Waals surface area contributed by atoms with Crippen molar-refractivity contribution in [2.75, 3.05) is 18.1 Å². The molecule has 2 rings (SSSR count). The van der Waals surface area contributed by atoms with Crippen LogP contribution < -0.4 is 4.90 Å². The zero-order valence-electron chi connectivity index (χ0n) is 9.34. The molecule has 1 unspecified atom stereocenters. The van der Waals surface area contributed by atoms with Gasteiger partial charge in [-0.25, -0.2) is 4.79 Å². The number of esters is 1. The van der Waals surface area contributed by atoms with Gasteiger partial charge in [0.25, 0.3) is 0 Å². The average molecular weight is 255 g/mol. The highest BCUT2D eigenvalue weighted by Crippen LogP contribution is 2.22. The van der Waals surface area contributed by atoms with E-state index in [0.717, 1.165) is 0 Å². The van der Waals surface area contributed by atoms with Gasteiger partial charge in [-0.05, 0) is 6.92 Å². The summed E-state index contributed by atoms with van der Waals surface area (Å²) < 4.78 is 4.82. The molecule has 1 N–H and O–H groups in total. The van der Waals surface area contributed by atoms with Gasteiger partial charge in [-0.1, -0.05) is 0 Å². The number of hydrogen-bond donors (Lipinski definition) is 2. The Labute approximate surface area is 104 Å². The van der Waals surface area contributed by atoms with Gasteiger partial charge in [-0.2, -0.15) is 17.7 Å². The van der Waals surface area contributed by atoms with Crippen LogP contribution in [0.15, 0.2) is 6.07 Å². The van der Waals surface area contributed by atoms with Crippen LogP contribution in [-0.4, -0.2) is 40.5 Å². The zero-order valence-corrected chi connectivity index (χ0v) is 10.2. The number of carbonyl (C=O) groups is 2. The van der Waals surface area contributed by atoms with Crippen molar-refractivity contribution >= 4 is 30.3 Å². The van der Waals surface area contributed by atoms with Gasteiger partial charge < -0.3 is 4.74 Å². The van der Waals surface area contributed by atoms with E-state index in [0.29, 0.717) is 25.4 Å². The molecule has 0 spiro atoms. The Morgan fingerprint density at radius 3 is 3.12 bits per heavy atom. The lowest BCUT2D eigenvalue weighted by atomic mass is 10.4. The van der Waals surface area contributed by atoms with Gasteiger partial charge in [-0.3, -0.25) is 14.8 Å². The summed E-state index contributed by atoms with van der Waals surface area (Å²) in [5.41, 5.74) is 0.247. The quantitative estimate of drug-likeness (QED) is 0.613. The minimum absolute atomic E-state index is 0.0187. The third-order valence-electron chi connectivity index (χ3n) is 2.44. The molecule has 0 aliphatic carbocycles. The molecule has 92 valence electrons. The van der Waals surface area contributed by atoms with Gasteiger partial charge in [0.2, 0.25) is 5.91 Å². The number of nitrogens with zero attached hydrogens (tertiary/aromatic N) is 2. The fourth-order valence-electron chi connectivity index (χ4n) is 1.67. The van der Waals surface area contributed by atoms with Crippen LogP contribution in [0.1, 0.15) is 23.8 Å². The summed E-state index contributed by atoms with van der Waals surface area (Å²) in [6.45, 7) is 2.54. The molecule has 1 fully saturated rings. The van der Waals surface area contributed by atoms with E-state index in [1.807, 2.05) is 0 Å². The van der Waals surface area contributed by atoms with Crippen molar-refractivity contribution in [2.45, 2.75) is 18.6 Å². The smallest absolute Gasteiger partial charge is 0.356 e. The largest absolute Gasteiger partial charge is 0.461 e. The van der Waals surface area contributed by atoms with Crippen LogP contribution in [0.5, 0.6) is 0 Å². The van der Waals surface area contributed by atoms with Crippen molar-refractivity contribution in [3.63, 3.8) is 0 Å². The molecule has 1 aromatic rings. The standard InChI is InChI=1S/C10H13N3O3S/c1-2-16-10(15)7-4-8(12-11-7)13-5-6(17)3-9(13)14/h4,6,17H,2-3,5H2,1H3,(H,11,12). The number of thiol groups is 1. The Bertz CT molecular complexity index is 446. The van der Waals surface area contributed by atoms with Crippen LogP contribution >= 0.6 is 12.6 Å². The maximum absolute atomic E-state index is 11.6. The first-order valence-electron chi connectivity index (χ1n) is 5.32. The molecule has 6 nitrogen and oxygen atoms in total. The highest BCUT2D eigenvalue weighted by Gasteiger charge is 2.30. The predicted molar refractivity (Wildman–Crippen MR) is 64.3 cm³/mol. The van der Waals surface area contributed by atoms with E-state index in [1.165, 1.54) is 11.0 Å². The second-order valence-corrected chi connectivity index (χ2v) is 4.45. The summed E-state index contributed by atoms with van der Waals surface area (Å²) in [7, 11) is 0. The number of aromatic amines is 1. The first-order chi connectivity index (χ1) is 8.11. The van der Waals surface area contributed by atoms with E-state index in [-0.39, 0.29) is 16.9 Å². The van der Waals surface area contributed by atoms with E-state index >= 15 is 0 Å². The van der Waals surface area contributed by atoms with Crippen LogP contribution in [0.25, 0.3) is 0 Å². The molecule has 7 heteroatoms. The normalized spacial score (nSPS) is 19.8. The number of amides is 1. The van der Waals surface area contributed by atoms with Gasteiger partial charge in [-0.15, -0.1) is 0 Å². The number of H-pyrrole nitrogens is 1. The molecule has 1 aliphatic rings. The third-order valence-corrected chi connectivity index (χ3v) is 2.79. The van der Waals surface area contributed by atoms with Gasteiger partial charge >= 0.3 is 5.97 Å². The molecule has 0 bridgehead atoms. The van der Waals surface area contributed by atoms with Gasteiger partial charge in [0, 0.05) is 24.3 Å². The van der Waals surface area contributed by atoms with E-state index in [9.17, 15) is 9.59 Å². The van der Waals surface area contributed by atoms with Crippen LogP contribution in [0, 0.1) is 0 Å². The number of aromatic nitrogens is 2. The summed E-state index contributed by atoms with van der Waals surface area (Å²) in [6, 6.07) is 1.52. The first-order valence-corrected chi connectivity index (χ1v) is 5.84. The average Bonchev–Trinajstić information content (AvgIpc) is 2.85. The lowest BCUT2D eigenvalue weighted by Gasteiger charge is -2.11. The molecule has 1 aromatic heterocycles. The monoisotopic (exact) mass is 255 g/mol. The topological polar surface area (TPSA) is 75.3 Å². The van der Waals surface area contributed by atoms with Crippen LogP contribution in [-0.2, 0) is 9.53 Å². The maximum atomic E-state index is 11.6. The lowest BCUT2D eigenvalue weighted by molar-refractivity contribution is -0.117. The van der Waals surface area contributed by atoms with Crippen LogP contribution in [0.3, 0.4) is 0 Å². The van der Waals surface area contributed by atoms with Crippen molar-refractivity contribution in [2.24, 2.45) is 0 Å². The molecule has 1 saturated heterocycles. The number of ether oxygens (including phenoxy) is 1. The second-order valence-electron chi connectivity index (χ2n) is 3.72. The fraction of sp³-hybridized carbons (Fsp3) is 0.500. The summed E-state index contributed by atoms with van der Waals surface area (Å²) in [4.78, 5) is 24.5. The van der Waals surface area contributed by atoms with Gasteiger partial charge in [0.1, 0.15) is 5.69 Å². The Balaban J connectivity index is 2.13. The summed E-state index contributed by atoms with van der Waals surface area (Å²) in [6.07, 6.45) is 0.394. The van der Waals surface area contributed by atoms with Crippen molar-refractivity contribution in [3.8, 4) is 0 Å². The number of rotatable bonds is 3. The molecule has 0 aromatic carbocycles. The first kappa shape index (κ1) is 12.0. The van der Waals surface area contributed by atoms with Crippen molar-refractivity contribution in [1.82, 2.24) is 10.2 Å². The number of nitrogens with one attached hydrogen (secondary N) is 1. The zero-order chi connectivity index (χ0) is 12.4. The summed E-state index contributed by atoms with van der Waals surface area (Å²) >= 11 is 4.25. The van der Waals surface area contributed by atoms with Crippen LogP contribution in [0.4, 0.5) is 5.82 Å². The number of hydrogen-bond acceptors (Lipinski definition) is 5. The molecule has 17 heavy (non-hydrogen) atoms. The molecule has 2 heterocycles. The maximum Gasteiger partial charge on any atom is 0.356 e. The lowest BCUT2D eigenvalue weighted by Crippen LogP contribution is -2.24. The van der Waals surface area contributed by atoms with Crippen molar-refractivity contribution < 1.29 is 14.3 Å². The van der Waals surface area contributed by atoms with Crippen molar-refractivity contribution in [1.29, 1.82) is 0 Å². The second kappa shape index (κ2) is 4.79. The van der Waals surface area contributed by atoms with Gasteiger partial charge in [0.15, 0.2) is 5.82 Å². The molecular weight excluding hydrogens is 242 g/mol. The predicted octanol–water partition coefficient (Wildman–Crippen LogP) is 0.622. The van der Waals surface area contributed by atoms with E-state index in [1.54, 1.807) is 6.92 Å². The molecule has 0 radical (unpaired) electrons. The van der Waals surface area contributed by atoms with Crippen molar-refractivity contribution in [3.05, 3.63) is 11.8 Å². The summed E-state index contributed by atoms with van der Waals surface area (Å²) in [5, 5.41) is 6.51. The number of anilines is 1. The third kappa shape index (κ3) is 2.44. The Morgan fingerprint density at radius 2 is 2.53 bits per heavy atom. The highest BCUT2D eigenvalue weighted by atomic mass is 32.1. The fourth-order valence-corrected chi connectivity index (χ4v) is 1.99. The van der Waals surface area contributed by atoms with Crippen LogP contribution in [0.2, 0.25) is 0 Å². The Morgan fingerprint density at radius 1 is 1.76 bits per heavy atom. The Kier molecular flexibility index (Phi) is 3.37. The molecule has 0 saturated carbocycles. The van der Waals surface area contributed by atoms with E-state index in [4.69, 9.17) is 4.74 Å². The van der Waals surface area contributed by atoms with E-state index < -0.39 is 5.97 Å².